The maximum Gasteiger partial charge on any atom is 0.0671 e. The van der Waals surface area contributed by atoms with E-state index >= 15 is 0 Å². The van der Waals surface area contributed by atoms with Crippen molar-refractivity contribution in [1.82, 2.24) is 5.32 Å². The molecule has 0 radical (unpaired) electrons. The molecule has 1 fully saturated rings. The fraction of sp³-hybridized carbons (Fsp3) is 1.00. The number of ether oxygens (including phenoxy) is 1. The Morgan fingerprint density at radius 2 is 2.25 bits per heavy atom. The van der Waals surface area contributed by atoms with E-state index in [-0.39, 0.29) is 0 Å². The summed E-state index contributed by atoms with van der Waals surface area (Å²) in [4.78, 5) is 0. The summed E-state index contributed by atoms with van der Waals surface area (Å²) in [6, 6.07) is 0. The van der Waals surface area contributed by atoms with Crippen LogP contribution in [0.15, 0.2) is 0 Å². The molecule has 0 aliphatic heterocycles. The Morgan fingerprint density at radius 1 is 1.50 bits per heavy atom. The van der Waals surface area contributed by atoms with E-state index in [1.807, 2.05) is 6.92 Å². The van der Waals surface area contributed by atoms with Gasteiger partial charge in [-0.3, -0.25) is 0 Å². The third-order valence-corrected chi connectivity index (χ3v) is 2.54. The summed E-state index contributed by atoms with van der Waals surface area (Å²) < 4.78 is 5.41. The highest BCUT2D eigenvalue weighted by atomic mass is 16.5. The van der Waals surface area contributed by atoms with E-state index in [2.05, 4.69) is 12.2 Å². The average Bonchev–Trinajstić information content (AvgIpc) is 1.95. The Balaban J connectivity index is 1.86. The van der Waals surface area contributed by atoms with Crippen LogP contribution in [0.4, 0.5) is 0 Å². The minimum absolute atomic E-state index is 0.370. The molecule has 2 nitrogen and oxygen atoms in total. The molecule has 1 aliphatic carbocycles. The maximum absolute atomic E-state index is 5.41. The van der Waals surface area contributed by atoms with Gasteiger partial charge < -0.3 is 10.1 Å². The average molecular weight is 171 g/mol. The molecule has 0 aromatic carbocycles. The largest absolute Gasteiger partial charge is 0.377 e. The first kappa shape index (κ1) is 10.0. The van der Waals surface area contributed by atoms with Crippen LogP contribution in [0.3, 0.4) is 0 Å². The van der Waals surface area contributed by atoms with Crippen LogP contribution in [-0.4, -0.2) is 25.8 Å². The van der Waals surface area contributed by atoms with Crippen LogP contribution in [0.5, 0.6) is 0 Å². The molecular formula is C10H21NO. The normalized spacial score (nSPS) is 20.5. The lowest BCUT2D eigenvalue weighted by atomic mass is 9.85. The molecule has 1 unspecified atom stereocenters. The van der Waals surface area contributed by atoms with Gasteiger partial charge in [0, 0.05) is 13.2 Å². The highest BCUT2D eigenvalue weighted by Crippen LogP contribution is 2.24. The molecule has 1 rings (SSSR count). The Labute approximate surface area is 75.7 Å². The first-order chi connectivity index (χ1) is 5.83. The minimum atomic E-state index is 0.370. The van der Waals surface area contributed by atoms with Gasteiger partial charge in [0.2, 0.25) is 0 Å². The van der Waals surface area contributed by atoms with E-state index < -0.39 is 0 Å². The molecule has 0 heterocycles. The highest BCUT2D eigenvalue weighted by Gasteiger charge is 2.16. The van der Waals surface area contributed by atoms with Crippen LogP contribution in [0, 0.1) is 5.92 Å². The second-order valence-electron chi connectivity index (χ2n) is 3.72. The Kier molecular flexibility index (Phi) is 4.62. The van der Waals surface area contributed by atoms with Crippen LogP contribution < -0.4 is 5.32 Å². The molecule has 0 aromatic heterocycles. The predicted octanol–water partition coefficient (Wildman–Crippen LogP) is 1.80. The molecule has 0 amide bonds. The first-order valence-electron chi connectivity index (χ1n) is 5.15. The van der Waals surface area contributed by atoms with Gasteiger partial charge in [0.05, 0.1) is 6.10 Å². The van der Waals surface area contributed by atoms with E-state index in [0.29, 0.717) is 6.10 Å². The van der Waals surface area contributed by atoms with E-state index in [4.69, 9.17) is 4.74 Å². The first-order valence-corrected chi connectivity index (χ1v) is 5.15. The summed E-state index contributed by atoms with van der Waals surface area (Å²) in [6.45, 7) is 7.19. The predicted molar refractivity (Wildman–Crippen MR) is 51.3 cm³/mol. The lowest BCUT2D eigenvalue weighted by molar-refractivity contribution is 0.0745. The second-order valence-corrected chi connectivity index (χ2v) is 3.72. The molecule has 1 atom stereocenters. The van der Waals surface area contributed by atoms with Crippen molar-refractivity contribution in [3.05, 3.63) is 0 Å². The monoisotopic (exact) mass is 171 g/mol. The van der Waals surface area contributed by atoms with Gasteiger partial charge in [-0.15, -0.1) is 0 Å². The van der Waals surface area contributed by atoms with Crippen molar-refractivity contribution in [2.24, 2.45) is 5.92 Å². The molecule has 72 valence electrons. The Bertz CT molecular complexity index is 112. The molecule has 0 bridgehead atoms. The summed E-state index contributed by atoms with van der Waals surface area (Å²) in [7, 11) is 0. The van der Waals surface area contributed by atoms with Crippen molar-refractivity contribution in [3.63, 3.8) is 0 Å². The van der Waals surface area contributed by atoms with Gasteiger partial charge in [0.15, 0.2) is 0 Å². The van der Waals surface area contributed by atoms with Crippen molar-refractivity contribution < 1.29 is 4.74 Å². The molecule has 12 heavy (non-hydrogen) atoms. The number of hydrogen-bond acceptors (Lipinski definition) is 2. The van der Waals surface area contributed by atoms with Gasteiger partial charge >= 0.3 is 0 Å². The third kappa shape index (κ3) is 3.55. The van der Waals surface area contributed by atoms with Crippen molar-refractivity contribution in [1.29, 1.82) is 0 Å². The minimum Gasteiger partial charge on any atom is -0.377 e. The van der Waals surface area contributed by atoms with Crippen molar-refractivity contribution in [3.8, 4) is 0 Å². The molecule has 1 N–H and O–H groups in total. The number of rotatable bonds is 6. The third-order valence-electron chi connectivity index (χ3n) is 2.54. The fourth-order valence-corrected chi connectivity index (χ4v) is 1.53. The van der Waals surface area contributed by atoms with Gasteiger partial charge in [-0.05, 0) is 39.2 Å². The molecule has 0 saturated heterocycles. The summed E-state index contributed by atoms with van der Waals surface area (Å²) in [6.07, 6.45) is 4.66. The smallest absolute Gasteiger partial charge is 0.0671 e. The van der Waals surface area contributed by atoms with Crippen molar-refractivity contribution in [2.45, 2.75) is 39.2 Å². The maximum atomic E-state index is 5.41. The van der Waals surface area contributed by atoms with Crippen LogP contribution in [0.1, 0.15) is 33.1 Å². The zero-order chi connectivity index (χ0) is 8.81. The highest BCUT2D eigenvalue weighted by molar-refractivity contribution is 4.72. The van der Waals surface area contributed by atoms with Crippen LogP contribution in [0.2, 0.25) is 0 Å². The second kappa shape index (κ2) is 5.55. The van der Waals surface area contributed by atoms with Crippen molar-refractivity contribution in [2.75, 3.05) is 19.7 Å². The standard InChI is InChI=1S/C10H21NO/c1-3-12-9(2)7-11-8-10-5-4-6-10/h9-11H,3-8H2,1-2H3. The van der Waals surface area contributed by atoms with Gasteiger partial charge in [-0.2, -0.15) is 0 Å². The van der Waals surface area contributed by atoms with Gasteiger partial charge in [-0.1, -0.05) is 6.42 Å². The fourth-order valence-electron chi connectivity index (χ4n) is 1.53. The summed E-state index contributed by atoms with van der Waals surface area (Å²) in [5.74, 6) is 0.957. The zero-order valence-corrected chi connectivity index (χ0v) is 8.31. The SMILES string of the molecule is CCOC(C)CNCC1CCC1. The molecule has 0 spiro atoms. The summed E-state index contributed by atoms with van der Waals surface area (Å²) in [5, 5.41) is 3.45. The topological polar surface area (TPSA) is 21.3 Å². The zero-order valence-electron chi connectivity index (χ0n) is 8.31. The molecule has 0 aromatic rings. The molecule has 2 heteroatoms. The molecule has 1 saturated carbocycles. The van der Waals surface area contributed by atoms with Gasteiger partial charge in [-0.25, -0.2) is 0 Å². The lowest BCUT2D eigenvalue weighted by Gasteiger charge is -2.26. The van der Waals surface area contributed by atoms with E-state index in [0.717, 1.165) is 19.1 Å². The van der Waals surface area contributed by atoms with E-state index in [1.54, 1.807) is 0 Å². The Hall–Kier alpha value is -0.0800. The molecule has 1 aliphatic rings. The van der Waals surface area contributed by atoms with E-state index in [1.165, 1.54) is 25.8 Å². The van der Waals surface area contributed by atoms with Crippen molar-refractivity contribution >= 4 is 0 Å². The van der Waals surface area contributed by atoms with Crippen LogP contribution in [0.25, 0.3) is 0 Å². The summed E-state index contributed by atoms with van der Waals surface area (Å²) >= 11 is 0. The number of nitrogens with one attached hydrogen (secondary N) is 1. The summed E-state index contributed by atoms with van der Waals surface area (Å²) in [5.41, 5.74) is 0. The van der Waals surface area contributed by atoms with Crippen LogP contribution in [-0.2, 0) is 4.74 Å². The van der Waals surface area contributed by atoms with Gasteiger partial charge in [0.1, 0.15) is 0 Å². The Morgan fingerprint density at radius 3 is 2.75 bits per heavy atom. The number of hydrogen-bond donors (Lipinski definition) is 1. The van der Waals surface area contributed by atoms with E-state index in [9.17, 15) is 0 Å². The van der Waals surface area contributed by atoms with Crippen LogP contribution >= 0.6 is 0 Å². The lowest BCUT2D eigenvalue weighted by Crippen LogP contribution is -2.33. The molecular weight excluding hydrogens is 150 g/mol. The van der Waals surface area contributed by atoms with Gasteiger partial charge in [0.25, 0.3) is 0 Å². The quantitative estimate of drug-likeness (QED) is 0.658.